The molecule has 3 unspecified atom stereocenters. The highest BCUT2D eigenvalue weighted by Crippen LogP contribution is 2.17. The molecule has 3 atom stereocenters. The molecule has 0 saturated heterocycles. The number of H-pyrrole nitrogens is 4. The molecule has 52 valence electrons. The van der Waals surface area contributed by atoms with Crippen molar-refractivity contribution in [3.8, 4) is 0 Å². The van der Waals surface area contributed by atoms with Crippen LogP contribution in [-0.2, 0) is 0 Å². The van der Waals surface area contributed by atoms with E-state index in [9.17, 15) is 0 Å². The molecule has 0 amide bonds. The second-order valence-electron chi connectivity index (χ2n) is 1.38. The van der Waals surface area contributed by atoms with Crippen LogP contribution in [0.1, 0.15) is 0 Å². The first-order chi connectivity index (χ1) is 4.47. The van der Waals surface area contributed by atoms with Gasteiger partial charge in [-0.3, -0.25) is 9.14 Å². The molecule has 2 aromatic rings. The summed E-state index contributed by atoms with van der Waals surface area (Å²) < 4.78 is 13.1. The van der Waals surface area contributed by atoms with Crippen LogP contribution in [0.3, 0.4) is 0 Å². The minimum absolute atomic E-state index is 0.457. The molecule has 2 aromatic heterocycles. The maximum Gasteiger partial charge on any atom is 0.192 e. The zero-order valence-corrected chi connectivity index (χ0v) is 7.20. The van der Waals surface area contributed by atoms with Crippen molar-refractivity contribution in [2.45, 2.75) is 0 Å². The van der Waals surface area contributed by atoms with E-state index in [1.165, 1.54) is 0 Å². The van der Waals surface area contributed by atoms with Crippen LogP contribution >= 0.6 is 24.8 Å². The fourth-order valence-electron chi connectivity index (χ4n) is 0.496. The van der Waals surface area contributed by atoms with Crippen molar-refractivity contribution in [1.29, 1.82) is 0 Å². The number of fused-ring (bicyclic) bond motifs is 1. The van der Waals surface area contributed by atoms with Crippen molar-refractivity contribution < 1.29 is 4.63 Å². The summed E-state index contributed by atoms with van der Waals surface area (Å²) in [5.74, 6) is 0. The van der Waals surface area contributed by atoms with Gasteiger partial charge >= 0.3 is 0 Å². The summed E-state index contributed by atoms with van der Waals surface area (Å²) in [6, 6.07) is 0. The molecular weight excluding hydrogens is 179 g/mol. The Balaban J connectivity index is 2.95. The van der Waals surface area contributed by atoms with Gasteiger partial charge in [0.25, 0.3) is 0 Å². The summed E-state index contributed by atoms with van der Waals surface area (Å²) in [6.45, 7) is 0. The second-order valence-corrected chi connectivity index (χ2v) is 5.78. The average Bonchev–Trinajstić information content (AvgIpc) is 2.33. The number of nitrogens with one attached hydrogen (secondary N) is 4. The summed E-state index contributed by atoms with van der Waals surface area (Å²) in [6.07, 6.45) is 0. The summed E-state index contributed by atoms with van der Waals surface area (Å²) >= 11 is 0. The van der Waals surface area contributed by atoms with E-state index in [2.05, 4.69) is 19.2 Å². The van der Waals surface area contributed by atoms with Gasteiger partial charge in [-0.25, -0.2) is 0 Å². The van der Waals surface area contributed by atoms with Gasteiger partial charge in [-0.15, -0.1) is 5.27 Å². The zero-order valence-electron chi connectivity index (χ0n) is 4.30. The molecule has 0 aliphatic carbocycles. The van der Waals surface area contributed by atoms with Gasteiger partial charge in [0.15, 0.2) is 7.82 Å². The topological polar surface area (TPSA) is 80.7 Å². The first-order valence-corrected chi connectivity index (χ1v) is 5.49. The molecule has 4 N–H and O–H groups in total. The molecule has 0 aliphatic rings. The molecule has 0 saturated carbocycles. The lowest BCUT2D eigenvalue weighted by atomic mass is 13.0. The Morgan fingerprint density at radius 2 is 2.56 bits per heavy atom. The molecule has 2 rings (SSSR count). The molecule has 0 aromatic carbocycles. The monoisotopic (exact) mass is 185 g/mol. The van der Waals surface area contributed by atoms with Crippen molar-refractivity contribution in [2.24, 2.45) is 0 Å². The molecule has 9 heavy (non-hydrogen) atoms. The molecule has 6 nitrogen and oxygen atoms in total. The molecule has 0 spiro atoms. The summed E-state index contributed by atoms with van der Waals surface area (Å²) in [5, 5.41) is 2.70. The predicted molar refractivity (Wildman–Crippen MR) is 39.5 cm³/mol. The van der Waals surface area contributed by atoms with Gasteiger partial charge < -0.3 is 4.51 Å². The van der Waals surface area contributed by atoms with E-state index in [-0.39, 0.29) is 0 Å². The number of rotatable bonds is 0. The van der Waals surface area contributed by atoms with Crippen LogP contribution in [0.4, 0.5) is 0 Å². The first kappa shape index (κ1) is 5.48. The van der Waals surface area contributed by atoms with Crippen LogP contribution in [0, 0.1) is 0 Å². The smallest absolute Gasteiger partial charge is 0.192 e. The SMILES string of the molecule is [nH]1[pH][nH]p2[nH]o[nH]n2[pH]1. The summed E-state index contributed by atoms with van der Waals surface area (Å²) in [7, 11) is 0.773. The number of hydrogen-bond donors (Lipinski definition) is 4. The van der Waals surface area contributed by atoms with E-state index >= 15 is 0 Å². The van der Waals surface area contributed by atoms with Gasteiger partial charge in [0, 0.05) is 17.0 Å². The number of aromatic nitrogens is 5. The Labute approximate surface area is 53.6 Å². The lowest BCUT2D eigenvalue weighted by molar-refractivity contribution is 0.294. The normalized spacial score (nSPS) is 14.0. The van der Waals surface area contributed by atoms with E-state index < -0.39 is 7.82 Å². The van der Waals surface area contributed by atoms with Gasteiger partial charge in [0.2, 0.25) is 0 Å². The minimum atomic E-state index is -0.457. The molecular formula is H6N5OP3. The average molecular weight is 185 g/mol. The van der Waals surface area contributed by atoms with E-state index in [0.29, 0.717) is 17.0 Å². The number of hydrogen-bond acceptors (Lipinski definition) is 1. The highest BCUT2D eigenvalue weighted by atomic mass is 31.1. The van der Waals surface area contributed by atoms with Gasteiger partial charge in [0.1, 0.15) is 0 Å². The Bertz CT molecular complexity index is 286. The predicted octanol–water partition coefficient (Wildman–Crippen LogP) is 1.44. The highest BCUT2D eigenvalue weighted by molar-refractivity contribution is 7.49. The van der Waals surface area contributed by atoms with Gasteiger partial charge in [-0.1, -0.05) is 0 Å². The third kappa shape index (κ3) is 0.897. The van der Waals surface area contributed by atoms with Crippen molar-refractivity contribution in [2.75, 3.05) is 0 Å². The van der Waals surface area contributed by atoms with Crippen molar-refractivity contribution in [3.63, 3.8) is 0 Å². The van der Waals surface area contributed by atoms with Crippen LogP contribution < -0.4 is 0 Å². The summed E-state index contributed by atoms with van der Waals surface area (Å²) in [5.41, 5.74) is 0. The van der Waals surface area contributed by atoms with E-state index in [4.69, 9.17) is 4.63 Å². The lowest BCUT2D eigenvalue weighted by Gasteiger charge is -1.87. The van der Waals surface area contributed by atoms with E-state index in [0.717, 1.165) is 0 Å². The molecule has 0 aliphatic heterocycles. The molecule has 0 bridgehead atoms. The largest absolute Gasteiger partial charge is 0.313 e. The van der Waals surface area contributed by atoms with Crippen molar-refractivity contribution >= 4 is 24.8 Å². The van der Waals surface area contributed by atoms with Gasteiger partial charge in [0.05, 0.1) is 0 Å². The molecule has 0 fully saturated rings. The highest BCUT2D eigenvalue weighted by Gasteiger charge is 1.83. The lowest BCUT2D eigenvalue weighted by Crippen LogP contribution is -1.71. The van der Waals surface area contributed by atoms with Crippen molar-refractivity contribution in [1.82, 2.24) is 23.2 Å². The minimum Gasteiger partial charge on any atom is -0.313 e. The Morgan fingerprint density at radius 3 is 3.44 bits per heavy atom. The van der Waals surface area contributed by atoms with Gasteiger partial charge in [-0.2, -0.15) is 8.96 Å². The third-order valence-electron chi connectivity index (χ3n) is 0.850. The van der Waals surface area contributed by atoms with Crippen LogP contribution in [0.5, 0.6) is 0 Å². The van der Waals surface area contributed by atoms with E-state index in [1.807, 2.05) is 4.04 Å². The number of aromatic amines is 4. The van der Waals surface area contributed by atoms with Crippen LogP contribution in [0.2, 0.25) is 0 Å². The van der Waals surface area contributed by atoms with Gasteiger partial charge in [-0.05, 0) is 0 Å². The third-order valence-corrected chi connectivity index (χ3v) is 5.04. The second kappa shape index (κ2) is 2.14. The Hall–Kier alpha value is -0.300. The Kier molecular flexibility index (Phi) is 1.31. The quantitative estimate of drug-likeness (QED) is 0.492. The van der Waals surface area contributed by atoms with Crippen LogP contribution in [0.25, 0.3) is 0 Å². The van der Waals surface area contributed by atoms with Crippen molar-refractivity contribution in [3.05, 3.63) is 0 Å². The maximum atomic E-state index is 4.76. The van der Waals surface area contributed by atoms with Crippen LogP contribution in [0.15, 0.2) is 4.63 Å². The standard InChI is InChI=1S/H6N5OP3/c1-5-8-3-7-4-9(5)2-6-1/h1-4,7-8H. The Morgan fingerprint density at radius 1 is 1.56 bits per heavy atom. The maximum absolute atomic E-state index is 4.76. The zero-order chi connectivity index (χ0) is 6.10. The summed E-state index contributed by atoms with van der Waals surface area (Å²) in [4.78, 5) is 2.80. The molecule has 0 radical (unpaired) electrons. The first-order valence-electron chi connectivity index (χ1n) is 2.25. The molecule has 2 heterocycles. The fraction of sp³-hybridized carbons (Fsp3) is 0. The van der Waals surface area contributed by atoms with Crippen LogP contribution in [-0.4, -0.2) is 23.2 Å². The molecule has 9 heteroatoms. The van der Waals surface area contributed by atoms with E-state index in [1.54, 1.807) is 0 Å². The fourth-order valence-corrected chi connectivity index (χ4v) is 4.72. The number of nitrogens with zero attached hydrogens (tertiary/aromatic N) is 1.